The first-order valence-electron chi connectivity index (χ1n) is 8.57. The van der Waals surface area contributed by atoms with Crippen molar-refractivity contribution in [3.8, 4) is 11.3 Å². The fourth-order valence-corrected chi connectivity index (χ4v) is 3.13. The van der Waals surface area contributed by atoms with Gasteiger partial charge in [0.25, 0.3) is 0 Å². The normalized spacial score (nSPS) is 10.9. The van der Waals surface area contributed by atoms with Gasteiger partial charge in [0, 0.05) is 23.7 Å². The van der Waals surface area contributed by atoms with E-state index in [4.69, 9.17) is 4.42 Å². The van der Waals surface area contributed by atoms with Gasteiger partial charge < -0.3 is 15.1 Å². The summed E-state index contributed by atoms with van der Waals surface area (Å²) in [4.78, 5) is 15.8. The molecule has 0 aliphatic carbocycles. The molecular formula is C20H19N5O2. The minimum absolute atomic E-state index is 0.281. The molecule has 0 fully saturated rings. The second-order valence-electron chi connectivity index (χ2n) is 6.30. The average molecular weight is 361 g/mol. The molecule has 0 radical (unpaired) electrons. The van der Waals surface area contributed by atoms with Gasteiger partial charge in [-0.1, -0.05) is 30.3 Å². The van der Waals surface area contributed by atoms with Crippen LogP contribution in [0.1, 0.15) is 11.3 Å². The van der Waals surface area contributed by atoms with Crippen molar-refractivity contribution < 1.29 is 9.21 Å². The number of aromatic nitrogens is 3. The van der Waals surface area contributed by atoms with Crippen LogP contribution in [0.3, 0.4) is 0 Å². The van der Waals surface area contributed by atoms with E-state index in [0.29, 0.717) is 11.4 Å². The van der Waals surface area contributed by atoms with Gasteiger partial charge in [0.1, 0.15) is 11.5 Å². The molecule has 2 aromatic carbocycles. The molecule has 0 aliphatic rings. The van der Waals surface area contributed by atoms with Crippen LogP contribution in [0.4, 0.5) is 10.5 Å². The Hall–Kier alpha value is -3.61. The highest BCUT2D eigenvalue weighted by Gasteiger charge is 2.12. The predicted octanol–water partition coefficient (Wildman–Crippen LogP) is 3.86. The van der Waals surface area contributed by atoms with Gasteiger partial charge in [-0.05, 0) is 24.6 Å². The van der Waals surface area contributed by atoms with Gasteiger partial charge in [-0.2, -0.15) is 5.10 Å². The number of urea groups is 1. The summed E-state index contributed by atoms with van der Waals surface area (Å²) in [7, 11) is 1.95. The van der Waals surface area contributed by atoms with Gasteiger partial charge in [0.2, 0.25) is 0 Å². The summed E-state index contributed by atoms with van der Waals surface area (Å²) in [6.07, 6.45) is 2.89. The smallest absolute Gasteiger partial charge is 0.319 e. The lowest BCUT2D eigenvalue weighted by molar-refractivity contribution is 0.251. The van der Waals surface area contributed by atoms with E-state index in [1.807, 2.05) is 42.1 Å². The van der Waals surface area contributed by atoms with Crippen molar-refractivity contribution in [2.75, 3.05) is 5.32 Å². The number of oxazole rings is 1. The van der Waals surface area contributed by atoms with Crippen molar-refractivity contribution in [2.24, 2.45) is 7.05 Å². The van der Waals surface area contributed by atoms with Crippen LogP contribution in [0, 0.1) is 6.92 Å². The topological polar surface area (TPSA) is 85.0 Å². The van der Waals surface area contributed by atoms with Gasteiger partial charge in [0.15, 0.2) is 6.39 Å². The maximum absolute atomic E-state index is 12.0. The van der Waals surface area contributed by atoms with Crippen molar-refractivity contribution in [1.29, 1.82) is 0 Å². The van der Waals surface area contributed by atoms with Gasteiger partial charge in [-0.25, -0.2) is 9.78 Å². The summed E-state index contributed by atoms with van der Waals surface area (Å²) >= 11 is 0. The third-order valence-electron chi connectivity index (χ3n) is 4.39. The van der Waals surface area contributed by atoms with E-state index in [0.717, 1.165) is 22.2 Å². The Morgan fingerprint density at radius 1 is 1.19 bits per heavy atom. The van der Waals surface area contributed by atoms with Crippen LogP contribution in [-0.2, 0) is 13.6 Å². The lowest BCUT2D eigenvalue weighted by Gasteiger charge is -2.07. The standard InChI is InChI=1S/C20H19N5O2/c1-13-4-3-5-17-18(24-25(2)19(13)17)14-6-8-15(9-7-14)23-20(26)22-11-16-10-21-12-27-16/h3-10,12H,11H2,1-2H3,(H2,22,23,26). The largest absolute Gasteiger partial charge is 0.447 e. The highest BCUT2D eigenvalue weighted by atomic mass is 16.3. The van der Waals surface area contributed by atoms with Gasteiger partial charge in [-0.3, -0.25) is 4.68 Å². The molecule has 7 heteroatoms. The van der Waals surface area contributed by atoms with Crippen LogP contribution in [0.15, 0.2) is 59.5 Å². The van der Waals surface area contributed by atoms with E-state index in [1.54, 1.807) is 6.20 Å². The Labute approximate surface area is 156 Å². The molecule has 2 N–H and O–H groups in total. The summed E-state index contributed by atoms with van der Waals surface area (Å²) in [5.41, 5.74) is 4.94. The van der Waals surface area contributed by atoms with Crippen LogP contribution in [0.2, 0.25) is 0 Å². The van der Waals surface area contributed by atoms with Crippen molar-refractivity contribution >= 4 is 22.6 Å². The number of hydrogen-bond donors (Lipinski definition) is 2. The number of anilines is 1. The summed E-state index contributed by atoms with van der Waals surface area (Å²) < 4.78 is 6.99. The van der Waals surface area contributed by atoms with E-state index < -0.39 is 0 Å². The molecule has 4 rings (SSSR count). The Bertz CT molecular complexity index is 1080. The zero-order valence-electron chi connectivity index (χ0n) is 15.1. The average Bonchev–Trinajstić information content (AvgIpc) is 3.29. The first kappa shape index (κ1) is 16.8. The molecule has 0 aliphatic heterocycles. The lowest BCUT2D eigenvalue weighted by atomic mass is 10.1. The number of aryl methyl sites for hydroxylation is 2. The maximum atomic E-state index is 12.0. The molecule has 0 spiro atoms. The van der Waals surface area contributed by atoms with Crippen molar-refractivity contribution in [1.82, 2.24) is 20.1 Å². The number of nitrogens with one attached hydrogen (secondary N) is 2. The molecule has 0 bridgehead atoms. The molecule has 0 unspecified atom stereocenters. The van der Waals surface area contributed by atoms with E-state index >= 15 is 0 Å². The number of para-hydroxylation sites is 1. The minimum atomic E-state index is -0.307. The molecule has 27 heavy (non-hydrogen) atoms. The fraction of sp³-hybridized carbons (Fsp3) is 0.150. The van der Waals surface area contributed by atoms with E-state index in [1.165, 1.54) is 12.0 Å². The molecule has 136 valence electrons. The third kappa shape index (κ3) is 3.39. The summed E-state index contributed by atoms with van der Waals surface area (Å²) in [5, 5.41) is 11.3. The zero-order chi connectivity index (χ0) is 18.8. The number of hydrogen-bond acceptors (Lipinski definition) is 4. The maximum Gasteiger partial charge on any atom is 0.319 e. The summed E-state index contributed by atoms with van der Waals surface area (Å²) in [5.74, 6) is 0.595. The SMILES string of the molecule is Cc1cccc2c(-c3ccc(NC(=O)NCc4cnco4)cc3)nn(C)c12. The van der Waals surface area contributed by atoms with Crippen LogP contribution in [0.5, 0.6) is 0 Å². The molecule has 7 nitrogen and oxygen atoms in total. The number of nitrogens with zero attached hydrogens (tertiary/aromatic N) is 3. The third-order valence-corrected chi connectivity index (χ3v) is 4.39. The molecule has 2 amide bonds. The molecule has 2 heterocycles. The van der Waals surface area contributed by atoms with Gasteiger partial charge in [0.05, 0.1) is 18.3 Å². The predicted molar refractivity (Wildman–Crippen MR) is 103 cm³/mol. The van der Waals surface area contributed by atoms with E-state index in [-0.39, 0.29) is 12.6 Å². The highest BCUT2D eigenvalue weighted by Crippen LogP contribution is 2.29. The fourth-order valence-electron chi connectivity index (χ4n) is 3.13. The van der Waals surface area contributed by atoms with Crippen molar-refractivity contribution in [3.63, 3.8) is 0 Å². The molecule has 0 saturated carbocycles. The second-order valence-corrected chi connectivity index (χ2v) is 6.30. The minimum Gasteiger partial charge on any atom is -0.447 e. The van der Waals surface area contributed by atoms with Gasteiger partial charge >= 0.3 is 6.03 Å². The lowest BCUT2D eigenvalue weighted by Crippen LogP contribution is -2.27. The van der Waals surface area contributed by atoms with E-state index in [2.05, 4.69) is 39.8 Å². The number of fused-ring (bicyclic) bond motifs is 1. The number of carbonyl (C=O) groups excluding carboxylic acids is 1. The summed E-state index contributed by atoms with van der Waals surface area (Å²) in [6.45, 7) is 2.36. The Kier molecular flexibility index (Phi) is 4.33. The van der Waals surface area contributed by atoms with Crippen LogP contribution >= 0.6 is 0 Å². The molecule has 2 aromatic heterocycles. The van der Waals surface area contributed by atoms with Crippen LogP contribution < -0.4 is 10.6 Å². The van der Waals surface area contributed by atoms with E-state index in [9.17, 15) is 4.79 Å². The molecule has 0 atom stereocenters. The number of carbonyl (C=O) groups is 1. The van der Waals surface area contributed by atoms with Crippen molar-refractivity contribution in [3.05, 3.63) is 66.4 Å². The number of rotatable bonds is 4. The Morgan fingerprint density at radius 2 is 2.00 bits per heavy atom. The monoisotopic (exact) mass is 361 g/mol. The van der Waals surface area contributed by atoms with Crippen LogP contribution in [0.25, 0.3) is 22.2 Å². The quantitative estimate of drug-likeness (QED) is 0.578. The van der Waals surface area contributed by atoms with Crippen molar-refractivity contribution in [2.45, 2.75) is 13.5 Å². The molecule has 0 saturated heterocycles. The Balaban J connectivity index is 1.49. The molecule has 4 aromatic rings. The zero-order valence-corrected chi connectivity index (χ0v) is 15.1. The van der Waals surface area contributed by atoms with Gasteiger partial charge in [-0.15, -0.1) is 0 Å². The first-order valence-corrected chi connectivity index (χ1v) is 8.57. The first-order chi connectivity index (χ1) is 13.1. The number of amides is 2. The second kappa shape index (κ2) is 6.95. The number of benzene rings is 2. The van der Waals surface area contributed by atoms with Crippen LogP contribution in [-0.4, -0.2) is 20.8 Å². The highest BCUT2D eigenvalue weighted by molar-refractivity contribution is 5.95. The molecular weight excluding hydrogens is 342 g/mol. The summed E-state index contributed by atoms with van der Waals surface area (Å²) in [6, 6.07) is 13.5. The Morgan fingerprint density at radius 3 is 2.74 bits per heavy atom.